The highest BCUT2D eigenvalue weighted by Gasteiger charge is 2.21. The molecule has 0 radical (unpaired) electrons. The first kappa shape index (κ1) is 14.9. The van der Waals surface area contributed by atoms with Crippen molar-refractivity contribution in [2.45, 2.75) is 6.92 Å². The highest BCUT2D eigenvalue weighted by atomic mass is 35.5. The number of carbonyl (C=O) groups excluding carboxylic acids is 1. The Hall–Kier alpha value is -2.54. The summed E-state index contributed by atoms with van der Waals surface area (Å²) in [4.78, 5) is 26.9. The summed E-state index contributed by atoms with van der Waals surface area (Å²) >= 11 is 5.97. The van der Waals surface area contributed by atoms with Gasteiger partial charge in [0.1, 0.15) is 11.6 Å². The zero-order valence-corrected chi connectivity index (χ0v) is 11.5. The number of nitro groups is 1. The first-order chi connectivity index (χ1) is 9.90. The fourth-order valence-electron chi connectivity index (χ4n) is 1.76. The SMILES string of the molecule is CC(=O)N(c1cc([N+](=O)[O-])ccn1)c1cc(F)ccc1Cl. The number of hydrogen-bond acceptors (Lipinski definition) is 4. The first-order valence-electron chi connectivity index (χ1n) is 5.76. The quantitative estimate of drug-likeness (QED) is 0.642. The molecule has 0 saturated heterocycles. The molecule has 0 unspecified atom stereocenters. The number of anilines is 2. The number of halogens is 2. The van der Waals surface area contributed by atoms with Gasteiger partial charge in [-0.05, 0) is 18.2 Å². The number of carbonyl (C=O) groups is 1. The summed E-state index contributed by atoms with van der Waals surface area (Å²) in [5.41, 5.74) is -0.170. The van der Waals surface area contributed by atoms with Crippen LogP contribution in [-0.2, 0) is 4.79 Å². The summed E-state index contributed by atoms with van der Waals surface area (Å²) < 4.78 is 13.4. The van der Waals surface area contributed by atoms with Gasteiger partial charge in [-0.25, -0.2) is 9.37 Å². The fourth-order valence-corrected chi connectivity index (χ4v) is 1.96. The highest BCUT2D eigenvalue weighted by Crippen LogP contribution is 2.32. The lowest BCUT2D eigenvalue weighted by Crippen LogP contribution is -2.24. The molecule has 8 heteroatoms. The third-order valence-electron chi connectivity index (χ3n) is 2.63. The molecule has 0 atom stereocenters. The average Bonchev–Trinajstić information content (AvgIpc) is 2.43. The second kappa shape index (κ2) is 5.84. The normalized spacial score (nSPS) is 10.2. The molecule has 0 fully saturated rings. The average molecular weight is 310 g/mol. The van der Waals surface area contributed by atoms with E-state index in [4.69, 9.17) is 11.6 Å². The van der Waals surface area contributed by atoms with Gasteiger partial charge in [0.25, 0.3) is 5.69 Å². The third kappa shape index (κ3) is 3.14. The number of hydrogen-bond donors (Lipinski definition) is 0. The molecule has 0 aliphatic rings. The van der Waals surface area contributed by atoms with E-state index in [1.807, 2.05) is 0 Å². The Labute approximate surface area is 123 Å². The van der Waals surface area contributed by atoms with E-state index in [-0.39, 0.29) is 22.2 Å². The van der Waals surface area contributed by atoms with Crippen LogP contribution in [0, 0.1) is 15.9 Å². The minimum absolute atomic E-state index is 0.01000. The van der Waals surface area contributed by atoms with Gasteiger partial charge in [-0.3, -0.25) is 19.8 Å². The molecule has 0 spiro atoms. The smallest absolute Gasteiger partial charge is 0.274 e. The molecule has 0 aliphatic carbocycles. The summed E-state index contributed by atoms with van der Waals surface area (Å²) in [5, 5.41) is 10.9. The number of benzene rings is 1. The topological polar surface area (TPSA) is 76.3 Å². The van der Waals surface area contributed by atoms with E-state index in [1.54, 1.807) is 0 Å². The molecule has 1 amide bonds. The fraction of sp³-hybridized carbons (Fsp3) is 0.0769. The zero-order chi connectivity index (χ0) is 15.6. The van der Waals surface area contributed by atoms with Gasteiger partial charge in [0, 0.05) is 19.2 Å². The number of amides is 1. The molecule has 108 valence electrons. The highest BCUT2D eigenvalue weighted by molar-refractivity contribution is 6.34. The van der Waals surface area contributed by atoms with Crippen LogP contribution in [0.15, 0.2) is 36.5 Å². The van der Waals surface area contributed by atoms with Crippen LogP contribution in [0.25, 0.3) is 0 Å². The largest absolute Gasteiger partial charge is 0.274 e. The number of nitrogens with zero attached hydrogens (tertiary/aromatic N) is 3. The third-order valence-corrected chi connectivity index (χ3v) is 2.95. The van der Waals surface area contributed by atoms with Crippen molar-refractivity contribution < 1.29 is 14.1 Å². The van der Waals surface area contributed by atoms with Crippen LogP contribution in [0.3, 0.4) is 0 Å². The van der Waals surface area contributed by atoms with Crippen molar-refractivity contribution >= 4 is 34.7 Å². The van der Waals surface area contributed by atoms with Crippen LogP contribution in [0.5, 0.6) is 0 Å². The van der Waals surface area contributed by atoms with Crippen LogP contribution in [0.1, 0.15) is 6.92 Å². The molecule has 0 bridgehead atoms. The van der Waals surface area contributed by atoms with E-state index in [1.165, 1.54) is 25.3 Å². The summed E-state index contributed by atoms with van der Waals surface area (Å²) in [6.45, 7) is 1.22. The van der Waals surface area contributed by atoms with E-state index in [2.05, 4.69) is 4.98 Å². The van der Waals surface area contributed by atoms with Gasteiger partial charge < -0.3 is 0 Å². The maximum absolute atomic E-state index is 13.4. The summed E-state index contributed by atoms with van der Waals surface area (Å²) in [6, 6.07) is 5.80. The molecular formula is C13H9ClFN3O3. The van der Waals surface area contributed by atoms with E-state index >= 15 is 0 Å². The molecule has 6 nitrogen and oxygen atoms in total. The number of rotatable bonds is 3. The van der Waals surface area contributed by atoms with Gasteiger partial charge >= 0.3 is 0 Å². The van der Waals surface area contributed by atoms with E-state index < -0.39 is 16.6 Å². The molecule has 1 aromatic heterocycles. The minimum atomic E-state index is -0.614. The number of aromatic nitrogens is 1. The zero-order valence-electron chi connectivity index (χ0n) is 10.8. The van der Waals surface area contributed by atoms with Crippen LogP contribution >= 0.6 is 11.6 Å². The Kier molecular flexibility index (Phi) is 4.13. The monoisotopic (exact) mass is 309 g/mol. The Balaban J connectivity index is 2.59. The predicted molar refractivity (Wildman–Crippen MR) is 75.1 cm³/mol. The standard InChI is InChI=1S/C13H9ClFN3O3/c1-8(19)17(12-6-9(15)2-3-11(12)14)13-7-10(18(20)21)4-5-16-13/h2-7H,1H3. The van der Waals surface area contributed by atoms with Crippen molar-refractivity contribution in [1.29, 1.82) is 0 Å². The lowest BCUT2D eigenvalue weighted by atomic mass is 10.2. The van der Waals surface area contributed by atoms with Gasteiger partial charge in [0.15, 0.2) is 0 Å². The molecular weight excluding hydrogens is 301 g/mol. The van der Waals surface area contributed by atoms with Gasteiger partial charge in [0.05, 0.1) is 21.7 Å². The van der Waals surface area contributed by atoms with Crippen molar-refractivity contribution in [1.82, 2.24) is 4.98 Å². The molecule has 0 N–H and O–H groups in total. The van der Waals surface area contributed by atoms with Gasteiger partial charge in [-0.15, -0.1) is 0 Å². The predicted octanol–water partition coefficient (Wildman–Crippen LogP) is 3.47. The second-order valence-corrected chi connectivity index (χ2v) is 4.49. The maximum Gasteiger partial charge on any atom is 0.274 e. The first-order valence-corrected chi connectivity index (χ1v) is 6.14. The van der Waals surface area contributed by atoms with E-state index in [0.717, 1.165) is 23.1 Å². The molecule has 21 heavy (non-hydrogen) atoms. The van der Waals surface area contributed by atoms with Gasteiger partial charge in [-0.2, -0.15) is 0 Å². The number of pyridine rings is 1. The van der Waals surface area contributed by atoms with Crippen molar-refractivity contribution in [2.24, 2.45) is 0 Å². The molecule has 1 heterocycles. The second-order valence-electron chi connectivity index (χ2n) is 4.08. The van der Waals surface area contributed by atoms with E-state index in [0.29, 0.717) is 0 Å². The molecule has 0 saturated carbocycles. The Morgan fingerprint density at radius 2 is 2.10 bits per heavy atom. The van der Waals surface area contributed by atoms with Crippen molar-refractivity contribution in [3.63, 3.8) is 0 Å². The Bertz CT molecular complexity index is 724. The Morgan fingerprint density at radius 1 is 1.38 bits per heavy atom. The molecule has 2 rings (SSSR count). The minimum Gasteiger partial charge on any atom is -0.274 e. The Morgan fingerprint density at radius 3 is 2.71 bits per heavy atom. The van der Waals surface area contributed by atoms with Crippen LogP contribution < -0.4 is 4.90 Å². The maximum atomic E-state index is 13.4. The summed E-state index contributed by atoms with van der Waals surface area (Å²) in [7, 11) is 0. The van der Waals surface area contributed by atoms with Crippen LogP contribution in [0.2, 0.25) is 5.02 Å². The van der Waals surface area contributed by atoms with Crippen molar-refractivity contribution in [3.05, 3.63) is 57.5 Å². The van der Waals surface area contributed by atoms with Crippen molar-refractivity contribution in [2.75, 3.05) is 4.90 Å². The van der Waals surface area contributed by atoms with Gasteiger partial charge in [0.2, 0.25) is 5.91 Å². The summed E-state index contributed by atoms with van der Waals surface area (Å²) in [5.74, 6) is -1.11. The molecule has 0 aliphatic heterocycles. The van der Waals surface area contributed by atoms with Crippen molar-refractivity contribution in [3.8, 4) is 0 Å². The van der Waals surface area contributed by atoms with Crippen LogP contribution in [-0.4, -0.2) is 15.8 Å². The summed E-state index contributed by atoms with van der Waals surface area (Å²) in [6.07, 6.45) is 1.19. The molecule has 1 aromatic carbocycles. The van der Waals surface area contributed by atoms with Gasteiger partial charge in [-0.1, -0.05) is 11.6 Å². The lowest BCUT2D eigenvalue weighted by Gasteiger charge is -2.21. The lowest BCUT2D eigenvalue weighted by molar-refractivity contribution is -0.384. The van der Waals surface area contributed by atoms with Crippen LogP contribution in [0.4, 0.5) is 21.6 Å². The molecule has 2 aromatic rings. The van der Waals surface area contributed by atoms with E-state index in [9.17, 15) is 19.3 Å².